The van der Waals surface area contributed by atoms with Crippen LogP contribution in [-0.2, 0) is 0 Å². The number of nitrogens with one attached hydrogen (secondary N) is 2. The highest BCUT2D eigenvalue weighted by Crippen LogP contribution is 2.46. The van der Waals surface area contributed by atoms with Crippen LogP contribution in [0.25, 0.3) is 0 Å². The molecule has 138 valence electrons. The van der Waals surface area contributed by atoms with Gasteiger partial charge in [0.15, 0.2) is 5.82 Å². The minimum atomic E-state index is -0.116. The van der Waals surface area contributed by atoms with Gasteiger partial charge in [-0.1, -0.05) is 13.8 Å². The SMILES string of the molecule is CCN1CCN(c2ccc(C(=O)Nc3cc(C4CC4C)[nH]n3)cc2)CC1. The lowest BCUT2D eigenvalue weighted by atomic mass is 10.1. The summed E-state index contributed by atoms with van der Waals surface area (Å²) in [7, 11) is 0. The molecule has 2 N–H and O–H groups in total. The highest BCUT2D eigenvalue weighted by atomic mass is 16.1. The van der Waals surface area contributed by atoms with Crippen LogP contribution in [-0.4, -0.2) is 53.7 Å². The van der Waals surface area contributed by atoms with Gasteiger partial charge in [-0.2, -0.15) is 5.10 Å². The Labute approximate surface area is 154 Å². The zero-order valence-corrected chi connectivity index (χ0v) is 15.5. The Morgan fingerprint density at radius 3 is 2.54 bits per heavy atom. The zero-order valence-electron chi connectivity index (χ0n) is 15.5. The number of carbonyl (C=O) groups is 1. The van der Waals surface area contributed by atoms with E-state index in [2.05, 4.69) is 39.2 Å². The van der Waals surface area contributed by atoms with Crippen molar-refractivity contribution >= 4 is 17.4 Å². The molecule has 2 heterocycles. The van der Waals surface area contributed by atoms with Gasteiger partial charge in [-0.15, -0.1) is 0 Å². The average molecular weight is 353 g/mol. The van der Waals surface area contributed by atoms with Crippen LogP contribution in [0.15, 0.2) is 30.3 Å². The highest BCUT2D eigenvalue weighted by Gasteiger charge is 2.35. The molecule has 2 aliphatic rings. The molecule has 2 aromatic rings. The number of likely N-dealkylation sites (N-methyl/N-ethyl adjacent to an activating group) is 1. The fourth-order valence-corrected chi connectivity index (χ4v) is 3.68. The lowest BCUT2D eigenvalue weighted by molar-refractivity contribution is 0.102. The first-order valence-electron chi connectivity index (χ1n) is 9.58. The Kier molecular flexibility index (Phi) is 4.68. The molecular formula is C20H27N5O. The van der Waals surface area contributed by atoms with Crippen LogP contribution in [0.2, 0.25) is 0 Å². The maximum absolute atomic E-state index is 12.5. The number of aromatic amines is 1. The standard InChI is InChI=1S/C20H27N5O/c1-3-24-8-10-25(11-9-24)16-6-4-15(5-7-16)20(26)21-19-13-18(22-23-19)17-12-14(17)2/h4-7,13-14,17H,3,8-12H2,1-2H3,(H2,21,22,23,26). The average Bonchev–Trinajstić information content (AvgIpc) is 3.23. The first kappa shape index (κ1) is 17.1. The second-order valence-electron chi connectivity index (χ2n) is 7.45. The van der Waals surface area contributed by atoms with E-state index in [-0.39, 0.29) is 5.91 Å². The Morgan fingerprint density at radius 1 is 1.23 bits per heavy atom. The van der Waals surface area contributed by atoms with Crippen LogP contribution in [0.4, 0.5) is 11.5 Å². The molecule has 0 bridgehead atoms. The van der Waals surface area contributed by atoms with Gasteiger partial charge in [0.05, 0.1) is 0 Å². The summed E-state index contributed by atoms with van der Waals surface area (Å²) in [6.07, 6.45) is 1.20. The number of anilines is 2. The summed E-state index contributed by atoms with van der Waals surface area (Å²) in [5, 5.41) is 10.1. The van der Waals surface area contributed by atoms with Crippen molar-refractivity contribution in [2.75, 3.05) is 42.9 Å². The minimum absolute atomic E-state index is 0.116. The predicted molar refractivity (Wildman–Crippen MR) is 104 cm³/mol. The number of carbonyl (C=O) groups excluding carboxylic acids is 1. The van der Waals surface area contributed by atoms with Crippen molar-refractivity contribution in [3.63, 3.8) is 0 Å². The van der Waals surface area contributed by atoms with E-state index in [9.17, 15) is 4.79 Å². The molecule has 6 nitrogen and oxygen atoms in total. The number of hydrogen-bond acceptors (Lipinski definition) is 4. The van der Waals surface area contributed by atoms with Gasteiger partial charge in [-0.3, -0.25) is 9.89 Å². The molecule has 1 saturated carbocycles. The van der Waals surface area contributed by atoms with Crippen molar-refractivity contribution in [2.45, 2.75) is 26.2 Å². The number of hydrogen-bond donors (Lipinski definition) is 2. The van der Waals surface area contributed by atoms with E-state index in [4.69, 9.17) is 0 Å². The quantitative estimate of drug-likeness (QED) is 0.867. The van der Waals surface area contributed by atoms with Crippen molar-refractivity contribution in [1.82, 2.24) is 15.1 Å². The van der Waals surface area contributed by atoms with Gasteiger partial charge in [0.1, 0.15) is 0 Å². The number of rotatable bonds is 5. The molecule has 1 aliphatic heterocycles. The fraction of sp³-hybridized carbons (Fsp3) is 0.500. The Bertz CT molecular complexity index is 761. The molecule has 2 atom stereocenters. The first-order chi connectivity index (χ1) is 12.6. The summed E-state index contributed by atoms with van der Waals surface area (Å²) in [5.41, 5.74) is 2.96. The molecule has 0 spiro atoms. The van der Waals surface area contributed by atoms with Gasteiger partial charge in [0.25, 0.3) is 5.91 Å². The van der Waals surface area contributed by atoms with Crippen molar-refractivity contribution in [3.05, 3.63) is 41.6 Å². The molecule has 1 aliphatic carbocycles. The maximum atomic E-state index is 12.5. The highest BCUT2D eigenvalue weighted by molar-refractivity contribution is 6.03. The van der Waals surface area contributed by atoms with Gasteiger partial charge in [-0.05, 0) is 43.1 Å². The molecule has 4 rings (SSSR count). The number of benzene rings is 1. The van der Waals surface area contributed by atoms with Gasteiger partial charge in [0.2, 0.25) is 0 Å². The molecule has 1 aromatic carbocycles. The Hall–Kier alpha value is -2.34. The largest absolute Gasteiger partial charge is 0.369 e. The normalized spacial score (nSPS) is 23.1. The van der Waals surface area contributed by atoms with Gasteiger partial charge in [-0.25, -0.2) is 0 Å². The fourth-order valence-electron chi connectivity index (χ4n) is 3.68. The summed E-state index contributed by atoms with van der Waals surface area (Å²) in [4.78, 5) is 17.3. The van der Waals surface area contributed by atoms with Gasteiger partial charge in [0, 0.05) is 55.1 Å². The lowest BCUT2D eigenvalue weighted by Gasteiger charge is -2.35. The molecule has 0 radical (unpaired) electrons. The van der Waals surface area contributed by atoms with E-state index in [1.54, 1.807) is 0 Å². The van der Waals surface area contributed by atoms with E-state index in [1.165, 1.54) is 12.1 Å². The van der Waals surface area contributed by atoms with Crippen LogP contribution in [0.1, 0.15) is 42.2 Å². The molecular weight excluding hydrogens is 326 g/mol. The third kappa shape index (κ3) is 3.60. The van der Waals surface area contributed by atoms with E-state index >= 15 is 0 Å². The molecule has 2 unspecified atom stereocenters. The van der Waals surface area contributed by atoms with Crippen LogP contribution in [0.3, 0.4) is 0 Å². The second-order valence-corrected chi connectivity index (χ2v) is 7.45. The van der Waals surface area contributed by atoms with Crippen molar-refractivity contribution in [2.24, 2.45) is 5.92 Å². The van der Waals surface area contributed by atoms with Crippen molar-refractivity contribution in [1.29, 1.82) is 0 Å². The number of nitrogens with zero attached hydrogens (tertiary/aromatic N) is 3. The summed E-state index contributed by atoms with van der Waals surface area (Å²) in [6, 6.07) is 9.82. The topological polar surface area (TPSA) is 64.3 Å². The Morgan fingerprint density at radius 2 is 1.92 bits per heavy atom. The summed E-state index contributed by atoms with van der Waals surface area (Å²) in [6.45, 7) is 9.81. The zero-order chi connectivity index (χ0) is 18.1. The minimum Gasteiger partial charge on any atom is -0.369 e. The number of H-pyrrole nitrogens is 1. The molecule has 2 fully saturated rings. The maximum Gasteiger partial charge on any atom is 0.256 e. The summed E-state index contributed by atoms with van der Waals surface area (Å²) < 4.78 is 0. The predicted octanol–water partition coefficient (Wildman–Crippen LogP) is 2.93. The van der Waals surface area contributed by atoms with Gasteiger partial charge < -0.3 is 15.1 Å². The lowest BCUT2D eigenvalue weighted by Crippen LogP contribution is -2.46. The van der Waals surface area contributed by atoms with Crippen LogP contribution < -0.4 is 10.2 Å². The van der Waals surface area contributed by atoms with E-state index < -0.39 is 0 Å². The number of aromatic nitrogens is 2. The molecule has 26 heavy (non-hydrogen) atoms. The summed E-state index contributed by atoms with van der Waals surface area (Å²) in [5.74, 6) is 1.77. The first-order valence-corrected chi connectivity index (χ1v) is 9.58. The van der Waals surface area contributed by atoms with Gasteiger partial charge >= 0.3 is 0 Å². The molecule has 6 heteroatoms. The van der Waals surface area contributed by atoms with Crippen LogP contribution in [0.5, 0.6) is 0 Å². The molecule has 1 amide bonds. The van der Waals surface area contributed by atoms with E-state index in [0.717, 1.165) is 38.4 Å². The summed E-state index contributed by atoms with van der Waals surface area (Å²) >= 11 is 0. The van der Waals surface area contributed by atoms with Crippen molar-refractivity contribution in [3.8, 4) is 0 Å². The smallest absolute Gasteiger partial charge is 0.256 e. The van der Waals surface area contributed by atoms with Crippen LogP contribution >= 0.6 is 0 Å². The molecule has 1 aromatic heterocycles. The third-order valence-corrected chi connectivity index (χ3v) is 5.66. The van der Waals surface area contributed by atoms with Crippen LogP contribution in [0, 0.1) is 5.92 Å². The second kappa shape index (κ2) is 7.11. The van der Waals surface area contributed by atoms with E-state index in [0.29, 0.717) is 23.2 Å². The third-order valence-electron chi connectivity index (χ3n) is 5.66. The van der Waals surface area contributed by atoms with Crippen molar-refractivity contribution < 1.29 is 4.79 Å². The Balaban J connectivity index is 1.35. The number of piperazine rings is 1. The monoisotopic (exact) mass is 353 g/mol. The van der Waals surface area contributed by atoms with E-state index in [1.807, 2.05) is 30.3 Å². The number of amides is 1. The molecule has 1 saturated heterocycles.